The van der Waals surface area contributed by atoms with Gasteiger partial charge < -0.3 is 10.4 Å². The number of aromatic nitrogens is 2. The van der Waals surface area contributed by atoms with Crippen LogP contribution in [0.15, 0.2) is 24.4 Å². The van der Waals surface area contributed by atoms with Crippen LogP contribution < -0.4 is 5.32 Å². The average Bonchev–Trinajstić information content (AvgIpc) is 3.22. The first-order valence-electron chi connectivity index (χ1n) is 10.5. The summed E-state index contributed by atoms with van der Waals surface area (Å²) in [5.41, 5.74) is 1.37. The number of H-pyrrole nitrogens is 1. The molecule has 2 aromatic rings. The minimum Gasteiger partial charge on any atom is -0.480 e. The minimum atomic E-state index is -4.69. The molecule has 0 spiro atoms. The second kappa shape index (κ2) is 8.44. The Morgan fingerprint density at radius 2 is 1.97 bits per heavy atom. The van der Waals surface area contributed by atoms with Crippen molar-refractivity contribution in [3.05, 3.63) is 30.0 Å². The van der Waals surface area contributed by atoms with Crippen molar-refractivity contribution in [1.82, 2.24) is 20.4 Å². The summed E-state index contributed by atoms with van der Waals surface area (Å²) in [5.74, 6) is -4.09. The molecule has 1 aliphatic heterocycles. The maximum Gasteiger partial charge on any atom is 0.408 e. The number of benzene rings is 1. The van der Waals surface area contributed by atoms with Crippen LogP contribution in [-0.4, -0.2) is 56.4 Å². The van der Waals surface area contributed by atoms with Crippen LogP contribution >= 0.6 is 0 Å². The zero-order chi connectivity index (χ0) is 23.0. The molecule has 1 aliphatic carbocycles. The van der Waals surface area contributed by atoms with Gasteiger partial charge >= 0.3 is 18.2 Å². The van der Waals surface area contributed by atoms with Gasteiger partial charge in [0.05, 0.1) is 17.6 Å². The number of halogens is 3. The van der Waals surface area contributed by atoms with E-state index in [1.54, 1.807) is 24.4 Å². The number of carboxylic acids is 1. The molecule has 4 rings (SSSR count). The van der Waals surface area contributed by atoms with E-state index in [-0.39, 0.29) is 6.42 Å². The van der Waals surface area contributed by atoms with Crippen molar-refractivity contribution in [2.45, 2.75) is 56.8 Å². The number of hydrogen-bond acceptors (Lipinski definition) is 4. The van der Waals surface area contributed by atoms with Crippen molar-refractivity contribution in [3.8, 4) is 0 Å². The number of nitrogens with zero attached hydrogens (tertiary/aromatic N) is 2. The quantitative estimate of drug-likeness (QED) is 0.603. The molecule has 2 aliphatic rings. The number of fused-ring (bicyclic) bond motifs is 1. The van der Waals surface area contributed by atoms with Gasteiger partial charge in [0, 0.05) is 5.39 Å². The van der Waals surface area contributed by atoms with Crippen molar-refractivity contribution in [2.75, 3.05) is 0 Å². The molecular weight excluding hydrogens is 429 g/mol. The summed E-state index contributed by atoms with van der Waals surface area (Å²) in [5, 5.41) is 18.9. The zero-order valence-electron chi connectivity index (χ0n) is 17.1. The molecule has 3 amide bonds. The van der Waals surface area contributed by atoms with Gasteiger partial charge in [-0.3, -0.25) is 9.89 Å². The maximum absolute atomic E-state index is 13.6. The lowest BCUT2D eigenvalue weighted by atomic mass is 9.81. The number of imide groups is 1. The number of nitrogens with one attached hydrogen (secondary N) is 2. The number of hydrogen-bond donors (Lipinski definition) is 3. The fourth-order valence-electron chi connectivity index (χ4n) is 4.84. The molecule has 1 aromatic heterocycles. The molecule has 2 heterocycles. The Morgan fingerprint density at radius 1 is 1.25 bits per heavy atom. The van der Waals surface area contributed by atoms with E-state index < -0.39 is 48.0 Å². The molecule has 172 valence electrons. The number of carbonyl (C=O) groups is 3. The van der Waals surface area contributed by atoms with E-state index in [1.807, 2.05) is 5.32 Å². The SMILES string of the molecule is O=C(O)[C@@H]1[C@@H](Cc2cccc3[nH]ncc23)C(=O)N1C(=O)N[C@@H](C1CCCCC1)C(F)(F)F. The summed E-state index contributed by atoms with van der Waals surface area (Å²) >= 11 is 0. The van der Waals surface area contributed by atoms with Gasteiger partial charge in [-0.05, 0) is 36.8 Å². The standard InChI is InChI=1S/C21H23F3N4O4/c22-21(23,24)17(11-5-2-1-3-6-11)26-20(32)28-16(19(30)31)13(18(28)29)9-12-7-4-8-15-14(12)10-25-27-15/h4,7-8,10-11,13,16-17H,1-3,5-6,9H2,(H,25,27)(H,26,32)(H,30,31)/t13-,16+,17+/m1/s1. The first-order chi connectivity index (χ1) is 15.2. The largest absolute Gasteiger partial charge is 0.480 e. The number of carbonyl (C=O) groups excluding carboxylic acids is 2. The number of amides is 3. The average molecular weight is 452 g/mol. The number of alkyl halides is 3. The topological polar surface area (TPSA) is 115 Å². The number of aliphatic carboxylic acids is 1. The maximum atomic E-state index is 13.6. The lowest BCUT2D eigenvalue weighted by Crippen LogP contribution is -2.70. The molecular formula is C21H23F3N4O4. The van der Waals surface area contributed by atoms with Crippen molar-refractivity contribution in [2.24, 2.45) is 11.8 Å². The fraction of sp³-hybridized carbons (Fsp3) is 0.524. The Balaban J connectivity index is 1.51. The second-order valence-electron chi connectivity index (χ2n) is 8.42. The Morgan fingerprint density at radius 3 is 2.62 bits per heavy atom. The van der Waals surface area contributed by atoms with Crippen LogP contribution in [0.5, 0.6) is 0 Å². The van der Waals surface area contributed by atoms with Gasteiger partial charge in [0.1, 0.15) is 6.04 Å². The van der Waals surface area contributed by atoms with Crippen LogP contribution in [-0.2, 0) is 16.0 Å². The van der Waals surface area contributed by atoms with E-state index in [0.29, 0.717) is 47.0 Å². The van der Waals surface area contributed by atoms with Crippen molar-refractivity contribution < 1.29 is 32.7 Å². The number of likely N-dealkylation sites (tertiary alicyclic amines) is 1. The summed E-state index contributed by atoms with van der Waals surface area (Å²) in [6, 6.07) is 0.243. The van der Waals surface area contributed by atoms with Crippen LogP contribution in [0.2, 0.25) is 0 Å². The van der Waals surface area contributed by atoms with Crippen molar-refractivity contribution in [3.63, 3.8) is 0 Å². The van der Waals surface area contributed by atoms with Crippen molar-refractivity contribution in [1.29, 1.82) is 0 Å². The molecule has 3 N–H and O–H groups in total. The van der Waals surface area contributed by atoms with Gasteiger partial charge in [0.25, 0.3) is 0 Å². The molecule has 32 heavy (non-hydrogen) atoms. The van der Waals surface area contributed by atoms with Gasteiger partial charge in [-0.2, -0.15) is 18.3 Å². The molecule has 0 radical (unpaired) electrons. The summed E-state index contributed by atoms with van der Waals surface area (Å²) in [6.07, 6.45) is -0.374. The molecule has 0 unspecified atom stereocenters. The van der Waals surface area contributed by atoms with Crippen LogP contribution in [0.4, 0.5) is 18.0 Å². The Labute approximate surface area is 181 Å². The molecule has 1 saturated heterocycles. The van der Waals surface area contributed by atoms with Gasteiger partial charge in [-0.25, -0.2) is 14.5 Å². The number of aromatic amines is 1. The summed E-state index contributed by atoms with van der Waals surface area (Å²) < 4.78 is 40.9. The molecule has 1 saturated carbocycles. The Hall–Kier alpha value is -3.11. The van der Waals surface area contributed by atoms with E-state index in [0.717, 1.165) is 6.42 Å². The highest BCUT2D eigenvalue weighted by Gasteiger charge is 2.56. The van der Waals surface area contributed by atoms with Gasteiger partial charge in [0.15, 0.2) is 6.04 Å². The third-order valence-electron chi connectivity index (χ3n) is 6.45. The molecule has 8 nitrogen and oxygen atoms in total. The molecule has 0 bridgehead atoms. The van der Waals surface area contributed by atoms with E-state index in [2.05, 4.69) is 10.2 Å². The summed E-state index contributed by atoms with van der Waals surface area (Å²) in [4.78, 5) is 37.6. The minimum absolute atomic E-state index is 0.0295. The molecule has 1 aromatic carbocycles. The fourth-order valence-corrected chi connectivity index (χ4v) is 4.84. The van der Waals surface area contributed by atoms with E-state index >= 15 is 0 Å². The Bertz CT molecular complexity index is 1030. The van der Waals surface area contributed by atoms with E-state index in [9.17, 15) is 32.7 Å². The molecule has 3 atom stereocenters. The number of carboxylic acid groups (broad SMARTS) is 1. The zero-order valence-corrected chi connectivity index (χ0v) is 17.1. The summed E-state index contributed by atoms with van der Waals surface area (Å²) in [6.45, 7) is 0. The highest BCUT2D eigenvalue weighted by molar-refractivity contribution is 6.07. The molecule has 11 heteroatoms. The highest BCUT2D eigenvalue weighted by atomic mass is 19.4. The van der Waals surface area contributed by atoms with Crippen LogP contribution in [0.1, 0.15) is 37.7 Å². The predicted octanol–water partition coefficient (Wildman–Crippen LogP) is 3.24. The highest BCUT2D eigenvalue weighted by Crippen LogP contribution is 2.36. The van der Waals surface area contributed by atoms with Crippen LogP contribution in [0.25, 0.3) is 10.9 Å². The van der Waals surface area contributed by atoms with Gasteiger partial charge in [-0.15, -0.1) is 0 Å². The third kappa shape index (κ3) is 4.03. The predicted molar refractivity (Wildman–Crippen MR) is 107 cm³/mol. The smallest absolute Gasteiger partial charge is 0.408 e. The number of urea groups is 1. The lowest BCUT2D eigenvalue weighted by Gasteiger charge is -2.44. The second-order valence-corrected chi connectivity index (χ2v) is 8.42. The van der Waals surface area contributed by atoms with Crippen LogP contribution in [0, 0.1) is 11.8 Å². The van der Waals surface area contributed by atoms with Crippen LogP contribution in [0.3, 0.4) is 0 Å². The first-order valence-corrected chi connectivity index (χ1v) is 10.5. The normalized spacial score (nSPS) is 23.1. The van der Waals surface area contributed by atoms with Gasteiger partial charge in [0.2, 0.25) is 5.91 Å². The first kappa shape index (κ1) is 22.1. The van der Waals surface area contributed by atoms with Crippen molar-refractivity contribution >= 4 is 28.8 Å². The van der Waals surface area contributed by atoms with E-state index in [1.165, 1.54) is 0 Å². The van der Waals surface area contributed by atoms with E-state index in [4.69, 9.17) is 0 Å². The number of β-lactam (4-membered cyclic amide) rings is 1. The van der Waals surface area contributed by atoms with Gasteiger partial charge in [-0.1, -0.05) is 31.4 Å². The molecule has 2 fully saturated rings. The third-order valence-corrected chi connectivity index (χ3v) is 6.45. The number of rotatable bonds is 5. The summed E-state index contributed by atoms with van der Waals surface area (Å²) in [7, 11) is 0. The monoisotopic (exact) mass is 452 g/mol. The Kier molecular flexibility index (Phi) is 5.83. The lowest BCUT2D eigenvalue weighted by molar-refractivity contribution is -0.172.